The molecule has 4 rings (SSSR count). The Morgan fingerprint density at radius 3 is 2.06 bits per heavy atom. The fourth-order valence-electron chi connectivity index (χ4n) is 4.83. The molecule has 1 unspecified atom stereocenters. The van der Waals surface area contributed by atoms with E-state index in [4.69, 9.17) is 10.5 Å². The Labute approximate surface area is 271 Å². The molecular weight excluding hydrogens is 677 g/mol. The van der Waals surface area contributed by atoms with Crippen LogP contribution < -0.4 is 10.5 Å². The van der Waals surface area contributed by atoms with Crippen molar-refractivity contribution in [1.82, 2.24) is 4.31 Å². The Bertz CT molecular complexity index is 2130. The van der Waals surface area contributed by atoms with E-state index in [-0.39, 0.29) is 27.5 Å². The molecule has 47 heavy (non-hydrogen) atoms. The van der Waals surface area contributed by atoms with Crippen LogP contribution >= 0.6 is 0 Å². The molecule has 16 nitrogen and oxygen atoms in total. The molecule has 1 aliphatic rings. The van der Waals surface area contributed by atoms with Gasteiger partial charge in [0.05, 0.1) is 28.3 Å². The van der Waals surface area contributed by atoms with Crippen LogP contribution in [0, 0.1) is 6.92 Å². The zero-order valence-electron chi connectivity index (χ0n) is 25.6. The zero-order chi connectivity index (χ0) is 34.9. The normalized spacial score (nSPS) is 15.7. The number of rotatable bonds is 11. The van der Waals surface area contributed by atoms with Crippen LogP contribution in [-0.2, 0) is 30.3 Å². The number of hydrogen-bond acceptors (Lipinski definition) is 13. The zero-order valence-corrected chi connectivity index (χ0v) is 28.0. The Morgan fingerprint density at radius 2 is 1.51 bits per heavy atom. The lowest BCUT2D eigenvalue weighted by Crippen LogP contribution is -2.30. The van der Waals surface area contributed by atoms with Crippen LogP contribution in [0.1, 0.15) is 43.0 Å². The maximum atomic E-state index is 12.7. The number of methoxy groups -OCH3 is 1. The van der Waals surface area contributed by atoms with E-state index in [1.165, 1.54) is 47.8 Å². The predicted molar refractivity (Wildman–Crippen MR) is 172 cm³/mol. The van der Waals surface area contributed by atoms with Gasteiger partial charge in [-0.05, 0) is 60.5 Å². The molecule has 0 saturated heterocycles. The van der Waals surface area contributed by atoms with Crippen molar-refractivity contribution in [3.63, 3.8) is 0 Å². The maximum Gasteiger partial charge on any atom is 0.296 e. The highest BCUT2D eigenvalue weighted by Crippen LogP contribution is 2.47. The first-order valence-electron chi connectivity index (χ1n) is 13.9. The van der Waals surface area contributed by atoms with Crippen LogP contribution in [-0.4, -0.2) is 64.0 Å². The lowest BCUT2D eigenvalue weighted by Gasteiger charge is -2.23. The molecule has 0 fully saturated rings. The third kappa shape index (κ3) is 7.56. The second-order valence-electron chi connectivity index (χ2n) is 10.2. The predicted octanol–water partition coefficient (Wildman–Crippen LogP) is 5.45. The number of sulfonamides is 1. The van der Waals surface area contributed by atoms with Gasteiger partial charge in [0.2, 0.25) is 10.0 Å². The van der Waals surface area contributed by atoms with Gasteiger partial charge in [0, 0.05) is 37.2 Å². The summed E-state index contributed by atoms with van der Waals surface area (Å²) in [6.07, 6.45) is 0.537. The first-order chi connectivity index (χ1) is 21.9. The van der Waals surface area contributed by atoms with Crippen molar-refractivity contribution in [3.8, 4) is 11.5 Å². The first-order valence-corrected chi connectivity index (χ1v) is 18.2. The number of nitrogens with two attached hydrogens (primary N) is 1. The summed E-state index contributed by atoms with van der Waals surface area (Å²) in [6.45, 7) is 5.84. The Hall–Kier alpha value is -4.11. The summed E-state index contributed by atoms with van der Waals surface area (Å²) in [4.78, 5) is -1.28. The van der Waals surface area contributed by atoms with E-state index in [0.717, 1.165) is 12.1 Å². The fraction of sp³-hybridized carbons (Fsp3) is 0.286. The van der Waals surface area contributed by atoms with Crippen molar-refractivity contribution >= 4 is 59.1 Å². The summed E-state index contributed by atoms with van der Waals surface area (Å²) in [6, 6.07) is 8.54. The molecular formula is C28H32N6O10S3. The molecule has 1 aliphatic carbocycles. The molecule has 3 aromatic carbocycles. The number of phenolic OH excluding ortho intramolecular Hbond substituents is 1. The number of nitrogens with zero attached hydrogens (tertiary/aromatic N) is 5. The molecule has 252 valence electrons. The molecule has 0 bridgehead atoms. The van der Waals surface area contributed by atoms with Gasteiger partial charge >= 0.3 is 0 Å². The molecule has 0 saturated carbocycles. The van der Waals surface area contributed by atoms with Crippen molar-refractivity contribution in [1.29, 1.82) is 0 Å². The van der Waals surface area contributed by atoms with Crippen LogP contribution in [0.25, 0.3) is 6.08 Å². The van der Waals surface area contributed by atoms with Gasteiger partial charge in [0.15, 0.2) is 0 Å². The van der Waals surface area contributed by atoms with Gasteiger partial charge in [-0.1, -0.05) is 13.8 Å². The van der Waals surface area contributed by atoms with Crippen molar-refractivity contribution in [2.75, 3.05) is 20.2 Å². The van der Waals surface area contributed by atoms with Gasteiger partial charge in [0.1, 0.15) is 27.8 Å². The Kier molecular flexibility index (Phi) is 10.3. The van der Waals surface area contributed by atoms with E-state index in [9.17, 15) is 39.5 Å². The number of aryl methyl sites for hydroxylation is 1. The molecule has 0 aromatic heterocycles. The topological polar surface area (TPSA) is 251 Å². The van der Waals surface area contributed by atoms with Gasteiger partial charge in [-0.2, -0.15) is 31.4 Å². The summed E-state index contributed by atoms with van der Waals surface area (Å²) in [5, 5.41) is 27.3. The van der Waals surface area contributed by atoms with Crippen LogP contribution in [0.2, 0.25) is 0 Å². The minimum Gasteiger partial charge on any atom is -0.505 e. The van der Waals surface area contributed by atoms with Crippen molar-refractivity contribution in [2.45, 2.75) is 43.0 Å². The average Bonchev–Trinajstić information content (AvgIpc) is 2.99. The highest BCUT2D eigenvalue weighted by atomic mass is 32.2. The lowest BCUT2D eigenvalue weighted by molar-refractivity contribution is 0.416. The summed E-state index contributed by atoms with van der Waals surface area (Å²) < 4.78 is 99.3. The average molecular weight is 709 g/mol. The molecule has 1 atom stereocenters. The first kappa shape index (κ1) is 35.7. The summed E-state index contributed by atoms with van der Waals surface area (Å²) in [5.41, 5.74) is 6.47. The largest absolute Gasteiger partial charge is 0.505 e. The minimum atomic E-state index is -5.04. The maximum absolute atomic E-state index is 12.7. The smallest absolute Gasteiger partial charge is 0.296 e. The molecule has 5 N–H and O–H groups in total. The Morgan fingerprint density at radius 1 is 0.894 bits per heavy atom. The van der Waals surface area contributed by atoms with E-state index in [2.05, 4.69) is 20.5 Å². The molecule has 0 amide bonds. The van der Waals surface area contributed by atoms with Crippen LogP contribution in [0.4, 0.5) is 22.7 Å². The van der Waals surface area contributed by atoms with Crippen molar-refractivity contribution < 1.29 is 44.2 Å². The van der Waals surface area contributed by atoms with E-state index >= 15 is 0 Å². The van der Waals surface area contributed by atoms with Crippen LogP contribution in [0.15, 0.2) is 77.6 Å². The summed E-state index contributed by atoms with van der Waals surface area (Å²) in [5.74, 6) is -0.647. The minimum absolute atomic E-state index is 0.0728. The number of ether oxygens (including phenoxy) is 1. The van der Waals surface area contributed by atoms with Gasteiger partial charge in [-0.15, -0.1) is 10.2 Å². The van der Waals surface area contributed by atoms with E-state index < -0.39 is 64.0 Å². The van der Waals surface area contributed by atoms with Crippen LogP contribution in [0.3, 0.4) is 0 Å². The molecule has 0 spiro atoms. The van der Waals surface area contributed by atoms with E-state index in [0.29, 0.717) is 30.0 Å². The van der Waals surface area contributed by atoms with E-state index in [1.54, 1.807) is 20.8 Å². The second kappa shape index (κ2) is 13.6. The molecule has 3 aromatic rings. The van der Waals surface area contributed by atoms with Gasteiger partial charge < -0.3 is 15.6 Å². The third-order valence-electron chi connectivity index (χ3n) is 7.24. The number of fused-ring (bicyclic) bond motifs is 1. The number of benzene rings is 3. The molecule has 19 heteroatoms. The second-order valence-corrected chi connectivity index (χ2v) is 15.0. The SMILES string of the molecule is CCN(CC)S(=O)(=O)c1ccc(/N=N/c2cc(OC)c(/N=N/c3c(S(=O)(=O)O)cc4c(c3O)C(N)CC(S(=O)(=O)O)=C4)cc2C)cc1. The van der Waals surface area contributed by atoms with Crippen LogP contribution in [0.5, 0.6) is 11.5 Å². The number of azo groups is 2. The fourth-order valence-corrected chi connectivity index (χ4v) is 7.61. The van der Waals surface area contributed by atoms with Crippen molar-refractivity contribution in [3.05, 3.63) is 64.1 Å². The summed E-state index contributed by atoms with van der Waals surface area (Å²) in [7, 11) is -12.0. The number of phenols is 1. The monoisotopic (exact) mass is 708 g/mol. The van der Waals surface area contributed by atoms with Gasteiger partial charge in [0.25, 0.3) is 20.2 Å². The molecule has 0 aliphatic heterocycles. The number of hydrogen-bond donors (Lipinski definition) is 4. The van der Waals surface area contributed by atoms with E-state index in [1.807, 2.05) is 0 Å². The molecule has 0 heterocycles. The highest BCUT2D eigenvalue weighted by molar-refractivity contribution is 7.90. The third-order valence-corrected chi connectivity index (χ3v) is 11.1. The van der Waals surface area contributed by atoms with Gasteiger partial charge in [-0.25, -0.2) is 8.42 Å². The lowest BCUT2D eigenvalue weighted by atomic mass is 9.91. The quantitative estimate of drug-likeness (QED) is 0.144. The highest BCUT2D eigenvalue weighted by Gasteiger charge is 2.32. The Balaban J connectivity index is 1.70. The van der Waals surface area contributed by atoms with Crippen molar-refractivity contribution in [2.24, 2.45) is 26.2 Å². The standard InChI is InChI=1S/C28H32N6O10S3/c1-5-34(6-2)45(36,37)19-9-7-18(8-10-19)30-31-22-15-24(44-4)23(11-16(22)3)32-33-27-25(47(41,42)43)13-17-12-20(46(38,39)40)14-21(29)26(17)28(27)35/h7-13,15,21,35H,5-6,14,29H2,1-4H3,(H,38,39,40)(H,41,42,43)/b31-30+,33-32+. The number of aromatic hydroxyl groups is 1. The molecule has 0 radical (unpaired) electrons. The summed E-state index contributed by atoms with van der Waals surface area (Å²) >= 11 is 0. The van der Waals surface area contributed by atoms with Gasteiger partial charge in [-0.3, -0.25) is 9.11 Å².